The number of aliphatic carboxylic acids is 1. The Hall–Kier alpha value is -1.79. The molecule has 1 saturated carbocycles. The highest BCUT2D eigenvalue weighted by Gasteiger charge is 2.33. The minimum Gasteiger partial charge on any atom is -0.481 e. The van der Waals surface area contributed by atoms with E-state index in [1.807, 2.05) is 6.92 Å². The monoisotopic (exact) mass is 285 g/mol. The summed E-state index contributed by atoms with van der Waals surface area (Å²) in [6.45, 7) is 4.31. The molecule has 20 heavy (non-hydrogen) atoms. The molecule has 0 aromatic rings. The lowest BCUT2D eigenvalue weighted by atomic mass is 10.3. The van der Waals surface area contributed by atoms with Gasteiger partial charge in [-0.3, -0.25) is 9.59 Å². The topological polar surface area (TPSA) is 98.7 Å². The van der Waals surface area contributed by atoms with Gasteiger partial charge in [0.15, 0.2) is 0 Å². The number of hydrogen-bond acceptors (Lipinski definition) is 3. The normalized spacial score (nSPS) is 15.3. The molecule has 0 saturated heterocycles. The number of amides is 3. The van der Waals surface area contributed by atoms with E-state index in [0.29, 0.717) is 6.54 Å². The molecular formula is C13H23N3O4. The smallest absolute Gasteiger partial charge is 0.318 e. The van der Waals surface area contributed by atoms with Gasteiger partial charge < -0.3 is 20.6 Å². The lowest BCUT2D eigenvalue weighted by Gasteiger charge is -2.24. The maximum absolute atomic E-state index is 12.1. The molecule has 0 aromatic carbocycles. The molecule has 1 unspecified atom stereocenters. The van der Waals surface area contributed by atoms with E-state index in [1.54, 1.807) is 6.92 Å². The standard InChI is InChI=1S/C13H23N3O4/c1-3-7-14-12(19)9(2)15-13(20)16(10-4-5-10)8-6-11(17)18/h9-10H,3-8H2,1-2H3,(H,14,19)(H,15,20)(H,17,18). The second-order valence-corrected chi connectivity index (χ2v) is 5.03. The van der Waals surface area contributed by atoms with Crippen molar-refractivity contribution in [2.45, 2.75) is 51.6 Å². The Balaban J connectivity index is 2.44. The van der Waals surface area contributed by atoms with Gasteiger partial charge in [0.05, 0.1) is 6.42 Å². The Morgan fingerprint density at radius 1 is 1.35 bits per heavy atom. The van der Waals surface area contributed by atoms with Crippen molar-refractivity contribution in [3.05, 3.63) is 0 Å². The number of urea groups is 1. The molecule has 1 aliphatic rings. The molecular weight excluding hydrogens is 262 g/mol. The lowest BCUT2D eigenvalue weighted by molar-refractivity contribution is -0.137. The minimum absolute atomic E-state index is 0.0830. The third-order valence-corrected chi connectivity index (χ3v) is 3.10. The van der Waals surface area contributed by atoms with Crippen molar-refractivity contribution < 1.29 is 19.5 Å². The van der Waals surface area contributed by atoms with Crippen molar-refractivity contribution in [2.24, 2.45) is 0 Å². The van der Waals surface area contributed by atoms with Gasteiger partial charge in [0.2, 0.25) is 5.91 Å². The van der Waals surface area contributed by atoms with Crippen molar-refractivity contribution in [3.63, 3.8) is 0 Å². The van der Waals surface area contributed by atoms with Crippen LogP contribution in [0.4, 0.5) is 4.79 Å². The third-order valence-electron chi connectivity index (χ3n) is 3.10. The van der Waals surface area contributed by atoms with Crippen LogP contribution in [0.5, 0.6) is 0 Å². The van der Waals surface area contributed by atoms with Crippen molar-refractivity contribution in [2.75, 3.05) is 13.1 Å². The first-order chi connectivity index (χ1) is 9.45. The summed E-state index contributed by atoms with van der Waals surface area (Å²) in [5.74, 6) is -1.16. The van der Waals surface area contributed by atoms with Crippen LogP contribution in [0, 0.1) is 0 Å². The van der Waals surface area contributed by atoms with Gasteiger partial charge in [-0.25, -0.2) is 4.79 Å². The van der Waals surface area contributed by atoms with E-state index in [9.17, 15) is 14.4 Å². The van der Waals surface area contributed by atoms with E-state index < -0.39 is 12.0 Å². The maximum atomic E-state index is 12.1. The molecule has 0 radical (unpaired) electrons. The molecule has 0 aromatic heterocycles. The minimum atomic E-state index is -0.933. The first-order valence-corrected chi connectivity index (χ1v) is 7.02. The van der Waals surface area contributed by atoms with Crippen LogP contribution in [0.25, 0.3) is 0 Å². The summed E-state index contributed by atoms with van der Waals surface area (Å²) in [6, 6.07) is -0.881. The fourth-order valence-corrected chi connectivity index (χ4v) is 1.79. The Labute approximate surface area is 118 Å². The van der Waals surface area contributed by atoms with Crippen LogP contribution >= 0.6 is 0 Å². The van der Waals surface area contributed by atoms with Gasteiger partial charge in [0.25, 0.3) is 0 Å². The quantitative estimate of drug-likeness (QED) is 0.606. The number of nitrogens with zero attached hydrogens (tertiary/aromatic N) is 1. The van der Waals surface area contributed by atoms with Gasteiger partial charge in [0.1, 0.15) is 6.04 Å². The van der Waals surface area contributed by atoms with E-state index in [4.69, 9.17) is 5.11 Å². The fourth-order valence-electron chi connectivity index (χ4n) is 1.79. The molecule has 7 heteroatoms. The van der Waals surface area contributed by atoms with E-state index in [2.05, 4.69) is 10.6 Å². The molecule has 0 aliphatic heterocycles. The van der Waals surface area contributed by atoms with E-state index in [0.717, 1.165) is 19.3 Å². The molecule has 1 rings (SSSR count). The molecule has 1 aliphatic carbocycles. The van der Waals surface area contributed by atoms with Gasteiger partial charge in [0, 0.05) is 19.1 Å². The number of carbonyl (C=O) groups is 3. The van der Waals surface area contributed by atoms with Crippen LogP contribution in [-0.4, -0.2) is 53.1 Å². The summed E-state index contributed by atoms with van der Waals surface area (Å²) in [7, 11) is 0. The molecule has 3 amide bonds. The predicted molar refractivity (Wildman–Crippen MR) is 73.3 cm³/mol. The SMILES string of the molecule is CCCNC(=O)C(C)NC(=O)N(CCC(=O)O)C1CC1. The summed E-state index contributed by atoms with van der Waals surface area (Å²) in [5.41, 5.74) is 0. The van der Waals surface area contributed by atoms with Crippen LogP contribution in [0.2, 0.25) is 0 Å². The summed E-state index contributed by atoms with van der Waals surface area (Å²) < 4.78 is 0. The predicted octanol–water partition coefficient (Wildman–Crippen LogP) is 0.550. The number of nitrogens with one attached hydrogen (secondary N) is 2. The zero-order valence-corrected chi connectivity index (χ0v) is 12.0. The largest absolute Gasteiger partial charge is 0.481 e. The molecule has 1 atom stereocenters. The number of carbonyl (C=O) groups excluding carboxylic acids is 2. The van der Waals surface area contributed by atoms with Crippen LogP contribution in [-0.2, 0) is 9.59 Å². The second-order valence-electron chi connectivity index (χ2n) is 5.03. The Kier molecular flexibility index (Phi) is 6.27. The van der Waals surface area contributed by atoms with Crippen molar-refractivity contribution >= 4 is 17.9 Å². The maximum Gasteiger partial charge on any atom is 0.318 e. The third kappa shape index (κ3) is 5.46. The van der Waals surface area contributed by atoms with Gasteiger partial charge in [-0.1, -0.05) is 6.92 Å². The number of rotatable bonds is 8. The summed E-state index contributed by atoms with van der Waals surface area (Å²) in [5, 5.41) is 14.0. The van der Waals surface area contributed by atoms with Gasteiger partial charge in [-0.2, -0.15) is 0 Å². The molecule has 1 fully saturated rings. The van der Waals surface area contributed by atoms with Crippen LogP contribution in [0.1, 0.15) is 39.5 Å². The molecule has 7 nitrogen and oxygen atoms in total. The fraction of sp³-hybridized carbons (Fsp3) is 0.769. The molecule has 114 valence electrons. The summed E-state index contributed by atoms with van der Waals surface area (Å²) in [6.07, 6.45) is 2.53. The molecule has 0 bridgehead atoms. The van der Waals surface area contributed by atoms with E-state index in [-0.39, 0.29) is 30.9 Å². The first-order valence-electron chi connectivity index (χ1n) is 7.02. The van der Waals surface area contributed by atoms with Gasteiger partial charge >= 0.3 is 12.0 Å². The Bertz CT molecular complexity index is 369. The van der Waals surface area contributed by atoms with Crippen LogP contribution in [0.3, 0.4) is 0 Å². The van der Waals surface area contributed by atoms with E-state index in [1.165, 1.54) is 4.90 Å². The number of carboxylic acids is 1. The summed E-state index contributed by atoms with van der Waals surface area (Å²) in [4.78, 5) is 35.8. The average molecular weight is 285 g/mol. The van der Waals surface area contributed by atoms with Gasteiger partial charge in [-0.05, 0) is 26.2 Å². The first kappa shape index (κ1) is 16.3. The van der Waals surface area contributed by atoms with Crippen molar-refractivity contribution in [1.82, 2.24) is 15.5 Å². The molecule has 0 heterocycles. The van der Waals surface area contributed by atoms with Crippen LogP contribution in [0.15, 0.2) is 0 Å². The second kappa shape index (κ2) is 7.72. The van der Waals surface area contributed by atoms with Crippen molar-refractivity contribution in [3.8, 4) is 0 Å². The summed E-state index contributed by atoms with van der Waals surface area (Å²) >= 11 is 0. The number of hydrogen-bond donors (Lipinski definition) is 3. The highest BCUT2D eigenvalue weighted by Crippen LogP contribution is 2.26. The lowest BCUT2D eigenvalue weighted by Crippen LogP contribution is -2.51. The Morgan fingerprint density at radius 3 is 2.50 bits per heavy atom. The highest BCUT2D eigenvalue weighted by molar-refractivity contribution is 5.87. The van der Waals surface area contributed by atoms with Gasteiger partial charge in [-0.15, -0.1) is 0 Å². The average Bonchev–Trinajstić information content (AvgIpc) is 3.20. The number of carboxylic acid groups (broad SMARTS) is 1. The Morgan fingerprint density at radius 2 is 2.00 bits per heavy atom. The zero-order valence-electron chi connectivity index (χ0n) is 12.0. The van der Waals surface area contributed by atoms with Crippen LogP contribution < -0.4 is 10.6 Å². The van der Waals surface area contributed by atoms with Crippen molar-refractivity contribution in [1.29, 1.82) is 0 Å². The molecule has 0 spiro atoms. The highest BCUT2D eigenvalue weighted by atomic mass is 16.4. The van der Waals surface area contributed by atoms with E-state index >= 15 is 0 Å². The zero-order chi connectivity index (χ0) is 15.1. The molecule has 3 N–H and O–H groups in total.